The van der Waals surface area contributed by atoms with Crippen LogP contribution < -0.4 is 5.32 Å². The lowest BCUT2D eigenvalue weighted by atomic mass is 10.3. The van der Waals surface area contributed by atoms with Gasteiger partial charge in [-0.15, -0.1) is 11.3 Å². The molecule has 1 rings (SSSR count). The van der Waals surface area contributed by atoms with Crippen molar-refractivity contribution in [2.24, 2.45) is 0 Å². The quantitative estimate of drug-likeness (QED) is 0.708. The molecule has 0 aromatic carbocycles. The molecule has 118 valence electrons. The standard InChI is InChI=1S/C14H23N3O3S/c1-4-13(19)17(7-6-8-20-5-2)9-12(18)16-14-15-11(3)10-21-14/h10H,4-9H2,1-3H3,(H,15,16,18). The lowest BCUT2D eigenvalue weighted by Gasteiger charge is -2.21. The van der Waals surface area contributed by atoms with Gasteiger partial charge in [-0.3, -0.25) is 9.59 Å². The Morgan fingerprint density at radius 3 is 2.76 bits per heavy atom. The van der Waals surface area contributed by atoms with Crippen LogP contribution >= 0.6 is 11.3 Å². The predicted molar refractivity (Wildman–Crippen MR) is 83.5 cm³/mol. The number of anilines is 1. The van der Waals surface area contributed by atoms with E-state index in [1.54, 1.807) is 11.8 Å². The first-order chi connectivity index (χ1) is 10.1. The minimum Gasteiger partial charge on any atom is -0.382 e. The Hall–Kier alpha value is -1.47. The van der Waals surface area contributed by atoms with E-state index in [-0.39, 0.29) is 18.4 Å². The highest BCUT2D eigenvalue weighted by Gasteiger charge is 2.16. The molecule has 0 saturated carbocycles. The number of carbonyl (C=O) groups excluding carboxylic acids is 2. The monoisotopic (exact) mass is 313 g/mol. The second-order valence-corrected chi connectivity index (χ2v) is 5.42. The highest BCUT2D eigenvalue weighted by atomic mass is 32.1. The summed E-state index contributed by atoms with van der Waals surface area (Å²) in [6.45, 7) is 7.42. The molecule has 0 fully saturated rings. The minimum absolute atomic E-state index is 0.0306. The van der Waals surface area contributed by atoms with E-state index in [1.165, 1.54) is 11.3 Å². The highest BCUT2D eigenvalue weighted by molar-refractivity contribution is 7.13. The number of nitrogens with one attached hydrogen (secondary N) is 1. The maximum absolute atomic E-state index is 12.0. The number of ether oxygens (including phenoxy) is 1. The van der Waals surface area contributed by atoms with Gasteiger partial charge in [-0.25, -0.2) is 4.98 Å². The highest BCUT2D eigenvalue weighted by Crippen LogP contribution is 2.14. The van der Waals surface area contributed by atoms with Crippen molar-refractivity contribution in [3.05, 3.63) is 11.1 Å². The molecule has 0 aliphatic heterocycles. The summed E-state index contributed by atoms with van der Waals surface area (Å²) in [6.07, 6.45) is 1.11. The number of amides is 2. The van der Waals surface area contributed by atoms with E-state index in [1.807, 2.05) is 19.2 Å². The summed E-state index contributed by atoms with van der Waals surface area (Å²) >= 11 is 1.38. The molecule has 0 aliphatic rings. The molecule has 0 aliphatic carbocycles. The molecule has 1 heterocycles. The maximum atomic E-state index is 12.0. The molecule has 7 heteroatoms. The predicted octanol–water partition coefficient (Wildman–Crippen LogP) is 2.06. The molecule has 1 aromatic rings. The summed E-state index contributed by atoms with van der Waals surface area (Å²) in [6, 6.07) is 0. The zero-order valence-corrected chi connectivity index (χ0v) is 13.7. The van der Waals surface area contributed by atoms with Crippen LogP contribution in [0.25, 0.3) is 0 Å². The zero-order chi connectivity index (χ0) is 15.7. The molecule has 0 bridgehead atoms. The maximum Gasteiger partial charge on any atom is 0.245 e. The average Bonchev–Trinajstić information content (AvgIpc) is 2.86. The van der Waals surface area contributed by atoms with Gasteiger partial charge < -0.3 is 15.0 Å². The van der Waals surface area contributed by atoms with Crippen molar-refractivity contribution < 1.29 is 14.3 Å². The number of hydrogen-bond donors (Lipinski definition) is 1. The van der Waals surface area contributed by atoms with E-state index in [0.29, 0.717) is 31.3 Å². The number of rotatable bonds is 9. The molecule has 2 amide bonds. The number of nitrogens with zero attached hydrogens (tertiary/aromatic N) is 2. The van der Waals surface area contributed by atoms with Crippen molar-refractivity contribution in [3.63, 3.8) is 0 Å². The molecule has 0 spiro atoms. The molecule has 0 unspecified atom stereocenters. The smallest absolute Gasteiger partial charge is 0.245 e. The third-order valence-corrected chi connectivity index (χ3v) is 3.65. The Labute approximate surface area is 129 Å². The van der Waals surface area contributed by atoms with Gasteiger partial charge in [0.15, 0.2) is 5.13 Å². The van der Waals surface area contributed by atoms with Gasteiger partial charge in [-0.1, -0.05) is 6.92 Å². The van der Waals surface area contributed by atoms with Crippen molar-refractivity contribution in [2.45, 2.75) is 33.6 Å². The van der Waals surface area contributed by atoms with E-state index in [4.69, 9.17) is 4.74 Å². The van der Waals surface area contributed by atoms with Crippen LogP contribution in [0.3, 0.4) is 0 Å². The van der Waals surface area contributed by atoms with Crippen molar-refractivity contribution in [3.8, 4) is 0 Å². The third kappa shape index (κ3) is 6.68. The average molecular weight is 313 g/mol. The Morgan fingerprint density at radius 1 is 1.43 bits per heavy atom. The summed E-state index contributed by atoms with van der Waals surface area (Å²) in [7, 11) is 0. The van der Waals surface area contributed by atoms with Gasteiger partial charge in [-0.05, 0) is 20.3 Å². The molecule has 1 N–H and O–H groups in total. The number of aromatic nitrogens is 1. The number of aryl methyl sites for hydroxylation is 1. The fraction of sp³-hybridized carbons (Fsp3) is 0.643. The first-order valence-corrected chi connectivity index (χ1v) is 8.02. The molecule has 0 radical (unpaired) electrons. The van der Waals surface area contributed by atoms with Crippen LogP contribution in [0, 0.1) is 6.92 Å². The van der Waals surface area contributed by atoms with Gasteiger partial charge in [0.1, 0.15) is 0 Å². The molecule has 0 atom stereocenters. The molecule has 0 saturated heterocycles. The van der Waals surface area contributed by atoms with Crippen molar-refractivity contribution >= 4 is 28.3 Å². The lowest BCUT2D eigenvalue weighted by Crippen LogP contribution is -2.38. The Bertz CT molecular complexity index is 462. The Morgan fingerprint density at radius 2 is 2.19 bits per heavy atom. The van der Waals surface area contributed by atoms with Crippen LogP contribution in [0.4, 0.5) is 5.13 Å². The SMILES string of the molecule is CCOCCCN(CC(=O)Nc1nc(C)cs1)C(=O)CC. The van der Waals surface area contributed by atoms with E-state index in [9.17, 15) is 9.59 Å². The summed E-state index contributed by atoms with van der Waals surface area (Å²) in [4.78, 5) is 29.6. The largest absolute Gasteiger partial charge is 0.382 e. The van der Waals surface area contributed by atoms with Gasteiger partial charge >= 0.3 is 0 Å². The van der Waals surface area contributed by atoms with Gasteiger partial charge in [-0.2, -0.15) is 0 Å². The first kappa shape index (κ1) is 17.6. The van der Waals surface area contributed by atoms with Crippen LogP contribution in [-0.2, 0) is 14.3 Å². The van der Waals surface area contributed by atoms with Gasteiger partial charge in [0.25, 0.3) is 0 Å². The molecule has 1 aromatic heterocycles. The van der Waals surface area contributed by atoms with E-state index in [2.05, 4.69) is 10.3 Å². The summed E-state index contributed by atoms with van der Waals surface area (Å²) < 4.78 is 5.25. The minimum atomic E-state index is -0.220. The third-order valence-electron chi connectivity index (χ3n) is 2.78. The van der Waals surface area contributed by atoms with E-state index < -0.39 is 0 Å². The summed E-state index contributed by atoms with van der Waals surface area (Å²) in [5.41, 5.74) is 0.869. The van der Waals surface area contributed by atoms with Crippen molar-refractivity contribution in [2.75, 3.05) is 31.6 Å². The number of hydrogen-bond acceptors (Lipinski definition) is 5. The van der Waals surface area contributed by atoms with Crippen LogP contribution in [0.15, 0.2) is 5.38 Å². The van der Waals surface area contributed by atoms with Gasteiger partial charge in [0.2, 0.25) is 11.8 Å². The normalized spacial score (nSPS) is 10.4. The van der Waals surface area contributed by atoms with Crippen LogP contribution in [0.2, 0.25) is 0 Å². The number of carbonyl (C=O) groups is 2. The van der Waals surface area contributed by atoms with E-state index >= 15 is 0 Å². The van der Waals surface area contributed by atoms with Gasteiger partial charge in [0.05, 0.1) is 12.2 Å². The van der Waals surface area contributed by atoms with Crippen LogP contribution in [0.5, 0.6) is 0 Å². The second kappa shape index (κ2) is 9.46. The molecular weight excluding hydrogens is 290 g/mol. The Kier molecular flexibility index (Phi) is 7.92. The zero-order valence-electron chi connectivity index (χ0n) is 12.8. The number of thiazole rings is 1. The Balaban J connectivity index is 2.46. The summed E-state index contributed by atoms with van der Waals surface area (Å²) in [5, 5.41) is 5.15. The van der Waals surface area contributed by atoms with Gasteiger partial charge in [0, 0.05) is 31.6 Å². The molecular formula is C14H23N3O3S. The van der Waals surface area contributed by atoms with E-state index in [0.717, 1.165) is 12.1 Å². The lowest BCUT2D eigenvalue weighted by molar-refractivity contribution is -0.134. The summed E-state index contributed by atoms with van der Waals surface area (Å²) in [5.74, 6) is -0.250. The van der Waals surface area contributed by atoms with Crippen LogP contribution in [0.1, 0.15) is 32.4 Å². The van der Waals surface area contributed by atoms with Crippen molar-refractivity contribution in [1.29, 1.82) is 0 Å². The van der Waals surface area contributed by atoms with Crippen molar-refractivity contribution in [1.82, 2.24) is 9.88 Å². The molecule has 6 nitrogen and oxygen atoms in total. The van der Waals surface area contributed by atoms with Crippen LogP contribution in [-0.4, -0.2) is 48.0 Å². The molecule has 21 heavy (non-hydrogen) atoms. The fourth-order valence-corrected chi connectivity index (χ4v) is 2.47. The second-order valence-electron chi connectivity index (χ2n) is 4.56. The topological polar surface area (TPSA) is 71.5 Å². The fourth-order valence-electron chi connectivity index (χ4n) is 1.76. The first-order valence-electron chi connectivity index (χ1n) is 7.14.